The van der Waals surface area contributed by atoms with Crippen LogP contribution in [0.2, 0.25) is 0 Å². The summed E-state index contributed by atoms with van der Waals surface area (Å²) in [6, 6.07) is 5.91. The Morgan fingerprint density at radius 2 is 2.04 bits per heavy atom. The van der Waals surface area contributed by atoms with E-state index in [1.165, 1.54) is 12.1 Å². The van der Waals surface area contributed by atoms with Crippen LogP contribution in [0, 0.1) is 5.92 Å². The number of ether oxygens (including phenoxy) is 2. The van der Waals surface area contributed by atoms with Crippen LogP contribution in [0.4, 0.5) is 13.2 Å². The van der Waals surface area contributed by atoms with Crippen LogP contribution < -0.4 is 10.1 Å². The van der Waals surface area contributed by atoms with Gasteiger partial charge in [0.05, 0.1) is 6.61 Å². The van der Waals surface area contributed by atoms with Crippen LogP contribution in [0.5, 0.6) is 5.75 Å². The summed E-state index contributed by atoms with van der Waals surface area (Å²) in [5.74, 6) is 1.10. The highest BCUT2D eigenvalue weighted by molar-refractivity contribution is 14.0. The molecule has 0 aromatic heterocycles. The van der Waals surface area contributed by atoms with Gasteiger partial charge in [0.2, 0.25) is 0 Å². The fourth-order valence-electron chi connectivity index (χ4n) is 2.76. The molecule has 1 aliphatic rings. The first-order valence-corrected chi connectivity index (χ1v) is 8.21. The minimum absolute atomic E-state index is 0. The van der Waals surface area contributed by atoms with Crippen molar-refractivity contribution in [2.24, 2.45) is 10.9 Å². The van der Waals surface area contributed by atoms with E-state index in [2.05, 4.69) is 19.9 Å². The Labute approximate surface area is 169 Å². The molecule has 148 valence electrons. The summed E-state index contributed by atoms with van der Waals surface area (Å²) in [4.78, 5) is 6.33. The maximum absolute atomic E-state index is 12.1. The maximum atomic E-state index is 12.1. The van der Waals surface area contributed by atoms with Crippen molar-refractivity contribution in [3.05, 3.63) is 29.8 Å². The fourth-order valence-corrected chi connectivity index (χ4v) is 2.76. The Morgan fingerprint density at radius 1 is 1.35 bits per heavy atom. The van der Waals surface area contributed by atoms with Crippen molar-refractivity contribution in [2.45, 2.75) is 19.2 Å². The summed E-state index contributed by atoms with van der Waals surface area (Å²) in [6.07, 6.45) is -2.93. The van der Waals surface area contributed by atoms with Gasteiger partial charge < -0.3 is 19.7 Å². The van der Waals surface area contributed by atoms with Crippen molar-refractivity contribution in [1.82, 2.24) is 10.2 Å². The van der Waals surface area contributed by atoms with E-state index in [0.717, 1.165) is 37.7 Å². The van der Waals surface area contributed by atoms with E-state index in [9.17, 15) is 13.2 Å². The van der Waals surface area contributed by atoms with Crippen molar-refractivity contribution >= 4 is 29.9 Å². The zero-order chi connectivity index (χ0) is 18.3. The van der Waals surface area contributed by atoms with Gasteiger partial charge >= 0.3 is 6.36 Å². The number of benzene rings is 1. The average molecular weight is 487 g/mol. The molecule has 0 amide bonds. The molecule has 1 atom stereocenters. The molecule has 1 aliphatic heterocycles. The van der Waals surface area contributed by atoms with Gasteiger partial charge in [-0.1, -0.05) is 12.1 Å². The van der Waals surface area contributed by atoms with Gasteiger partial charge in [0.15, 0.2) is 5.96 Å². The molecule has 9 heteroatoms. The number of guanidine groups is 1. The highest BCUT2D eigenvalue weighted by atomic mass is 127. The molecule has 0 bridgehead atoms. The SMILES string of the molecule is CN=C(NCCc1ccc(OC(F)(F)F)cc1)N(C)CC1CCOC1.I. The van der Waals surface area contributed by atoms with E-state index >= 15 is 0 Å². The molecule has 2 rings (SSSR count). The summed E-state index contributed by atoms with van der Waals surface area (Å²) in [6.45, 7) is 3.12. The van der Waals surface area contributed by atoms with Crippen LogP contribution in [0.3, 0.4) is 0 Å². The van der Waals surface area contributed by atoms with Crippen LogP contribution in [0.1, 0.15) is 12.0 Å². The molecular weight excluding hydrogens is 462 g/mol. The predicted octanol–water partition coefficient (Wildman–Crippen LogP) is 3.29. The summed E-state index contributed by atoms with van der Waals surface area (Å²) in [5.41, 5.74) is 0.921. The monoisotopic (exact) mass is 487 g/mol. The average Bonchev–Trinajstić information content (AvgIpc) is 3.04. The van der Waals surface area contributed by atoms with Gasteiger partial charge in [-0.05, 0) is 30.5 Å². The summed E-state index contributed by atoms with van der Waals surface area (Å²) in [7, 11) is 3.71. The predicted molar refractivity (Wildman–Crippen MR) is 105 cm³/mol. The number of nitrogens with zero attached hydrogens (tertiary/aromatic N) is 2. The summed E-state index contributed by atoms with van der Waals surface area (Å²) in [5, 5.41) is 3.27. The standard InChI is InChI=1S/C17H24F3N3O2.HI/c1-21-16(23(2)11-14-8-10-24-12-14)22-9-7-13-3-5-15(6-4-13)25-17(18,19)20;/h3-6,14H,7-12H2,1-2H3,(H,21,22);1H. The van der Waals surface area contributed by atoms with Crippen LogP contribution in [-0.4, -0.2) is 57.6 Å². The lowest BCUT2D eigenvalue weighted by molar-refractivity contribution is -0.274. The molecule has 1 heterocycles. The van der Waals surface area contributed by atoms with Crippen LogP contribution in [0.15, 0.2) is 29.3 Å². The second-order valence-corrected chi connectivity index (χ2v) is 6.03. The van der Waals surface area contributed by atoms with E-state index in [1.54, 1.807) is 19.2 Å². The van der Waals surface area contributed by atoms with Gasteiger partial charge in [-0.2, -0.15) is 0 Å². The number of halogens is 4. The molecule has 1 N–H and O–H groups in total. The summed E-state index contributed by atoms with van der Waals surface area (Å²) >= 11 is 0. The lowest BCUT2D eigenvalue weighted by atomic mass is 10.1. The molecule has 0 saturated carbocycles. The van der Waals surface area contributed by atoms with E-state index < -0.39 is 6.36 Å². The first-order valence-electron chi connectivity index (χ1n) is 8.21. The van der Waals surface area contributed by atoms with Gasteiger partial charge in [0.25, 0.3) is 0 Å². The Hall–Kier alpha value is -1.23. The zero-order valence-electron chi connectivity index (χ0n) is 14.9. The number of hydrogen-bond acceptors (Lipinski definition) is 3. The topological polar surface area (TPSA) is 46.1 Å². The minimum Gasteiger partial charge on any atom is -0.406 e. The maximum Gasteiger partial charge on any atom is 0.573 e. The number of nitrogens with one attached hydrogen (secondary N) is 1. The van der Waals surface area contributed by atoms with E-state index in [4.69, 9.17) is 4.74 Å². The van der Waals surface area contributed by atoms with Crippen molar-refractivity contribution < 1.29 is 22.6 Å². The van der Waals surface area contributed by atoms with Gasteiger partial charge in [-0.25, -0.2) is 0 Å². The van der Waals surface area contributed by atoms with Gasteiger partial charge in [0.1, 0.15) is 5.75 Å². The number of rotatable bonds is 6. The fraction of sp³-hybridized carbons (Fsp3) is 0.588. The van der Waals surface area contributed by atoms with Crippen LogP contribution in [-0.2, 0) is 11.2 Å². The van der Waals surface area contributed by atoms with Gasteiger partial charge in [-0.3, -0.25) is 4.99 Å². The van der Waals surface area contributed by atoms with E-state index in [1.807, 2.05) is 7.05 Å². The molecule has 0 radical (unpaired) electrons. The third kappa shape index (κ3) is 7.98. The first kappa shape index (κ1) is 22.8. The van der Waals surface area contributed by atoms with Crippen molar-refractivity contribution in [1.29, 1.82) is 0 Å². The molecule has 1 aromatic carbocycles. The lowest BCUT2D eigenvalue weighted by Gasteiger charge is -2.24. The second kappa shape index (κ2) is 10.8. The molecule has 5 nitrogen and oxygen atoms in total. The molecule has 1 unspecified atom stereocenters. The van der Waals surface area contributed by atoms with Gasteiger partial charge in [0, 0.05) is 39.7 Å². The Bertz CT molecular complexity index is 561. The highest BCUT2D eigenvalue weighted by Gasteiger charge is 2.30. The molecule has 1 saturated heterocycles. The minimum atomic E-state index is -4.66. The Kier molecular flexibility index (Phi) is 9.48. The number of alkyl halides is 3. The Morgan fingerprint density at radius 3 is 2.58 bits per heavy atom. The first-order chi connectivity index (χ1) is 11.9. The molecule has 1 aromatic rings. The highest BCUT2D eigenvalue weighted by Crippen LogP contribution is 2.22. The number of hydrogen-bond donors (Lipinski definition) is 1. The number of aliphatic imine (C=N–C) groups is 1. The normalized spacial score (nSPS) is 17.6. The quantitative estimate of drug-likeness (QED) is 0.380. The second-order valence-electron chi connectivity index (χ2n) is 6.03. The van der Waals surface area contributed by atoms with E-state index in [-0.39, 0.29) is 29.7 Å². The molecule has 1 fully saturated rings. The lowest BCUT2D eigenvalue weighted by Crippen LogP contribution is -2.42. The van der Waals surface area contributed by atoms with Crippen LogP contribution >= 0.6 is 24.0 Å². The van der Waals surface area contributed by atoms with E-state index in [0.29, 0.717) is 18.9 Å². The largest absolute Gasteiger partial charge is 0.573 e. The van der Waals surface area contributed by atoms with Gasteiger partial charge in [-0.15, -0.1) is 37.1 Å². The summed E-state index contributed by atoms with van der Waals surface area (Å²) < 4.78 is 45.6. The Balaban J connectivity index is 0.00000338. The smallest absolute Gasteiger partial charge is 0.406 e. The third-order valence-electron chi connectivity index (χ3n) is 3.98. The zero-order valence-corrected chi connectivity index (χ0v) is 17.2. The van der Waals surface area contributed by atoms with Crippen molar-refractivity contribution in [3.63, 3.8) is 0 Å². The van der Waals surface area contributed by atoms with Crippen molar-refractivity contribution in [2.75, 3.05) is 40.4 Å². The molecule has 26 heavy (non-hydrogen) atoms. The molecular formula is C17H25F3IN3O2. The van der Waals surface area contributed by atoms with Crippen LogP contribution in [0.25, 0.3) is 0 Å². The molecule has 0 aliphatic carbocycles. The molecule has 0 spiro atoms. The van der Waals surface area contributed by atoms with Crippen molar-refractivity contribution in [3.8, 4) is 5.75 Å². The third-order valence-corrected chi connectivity index (χ3v) is 3.98.